The highest BCUT2D eigenvalue weighted by Crippen LogP contribution is 2.18. The van der Waals surface area contributed by atoms with Gasteiger partial charge in [-0.1, -0.05) is 13.8 Å². The quantitative estimate of drug-likeness (QED) is 0.682. The van der Waals surface area contributed by atoms with Gasteiger partial charge in [-0.3, -0.25) is 0 Å². The molecule has 0 aromatic heterocycles. The monoisotopic (exact) mass is 201 g/mol. The Bertz CT molecular complexity index is 239. The normalized spacial score (nSPS) is 25.9. The summed E-state index contributed by atoms with van der Waals surface area (Å²) < 4.78 is 9.52. The van der Waals surface area contributed by atoms with Gasteiger partial charge in [0.05, 0.1) is 7.11 Å². The molecule has 80 valence electrons. The van der Waals surface area contributed by atoms with E-state index in [-0.39, 0.29) is 0 Å². The molecule has 0 bridgehead atoms. The second-order valence-electron chi connectivity index (χ2n) is 3.72. The number of alkyl carbamates (subject to hydrolysis) is 1. The van der Waals surface area contributed by atoms with Crippen molar-refractivity contribution in [3.05, 3.63) is 0 Å². The highest BCUT2D eigenvalue weighted by atomic mass is 16.6. The van der Waals surface area contributed by atoms with Gasteiger partial charge in [0, 0.05) is 0 Å². The lowest BCUT2D eigenvalue weighted by atomic mass is 10.0. The third kappa shape index (κ3) is 2.37. The fraction of sp³-hybridized carbons (Fsp3) is 0.778. The van der Waals surface area contributed by atoms with Gasteiger partial charge in [0.15, 0.2) is 6.04 Å². The zero-order chi connectivity index (χ0) is 10.7. The molecule has 1 fully saturated rings. The Morgan fingerprint density at radius 3 is 2.79 bits per heavy atom. The first-order valence-electron chi connectivity index (χ1n) is 4.59. The minimum absolute atomic E-state index is 0.361. The van der Waals surface area contributed by atoms with E-state index in [1.165, 1.54) is 7.11 Å². The molecule has 0 radical (unpaired) electrons. The molecule has 5 heteroatoms. The molecule has 0 aromatic rings. The highest BCUT2D eigenvalue weighted by Gasteiger charge is 2.39. The molecule has 1 heterocycles. The topological polar surface area (TPSA) is 64.6 Å². The van der Waals surface area contributed by atoms with E-state index in [1.54, 1.807) is 0 Å². The number of cyclic esters (lactones) is 1. The number of carbonyl (C=O) groups is 2. The summed E-state index contributed by atoms with van der Waals surface area (Å²) in [7, 11) is 1.29. The molecular weight excluding hydrogens is 186 g/mol. The van der Waals surface area contributed by atoms with Gasteiger partial charge in [0.2, 0.25) is 0 Å². The first-order chi connectivity index (χ1) is 6.54. The summed E-state index contributed by atoms with van der Waals surface area (Å²) in [5.41, 5.74) is 0. The van der Waals surface area contributed by atoms with E-state index in [2.05, 4.69) is 10.1 Å². The Balaban J connectivity index is 2.62. The van der Waals surface area contributed by atoms with Crippen LogP contribution in [0.1, 0.15) is 20.3 Å². The van der Waals surface area contributed by atoms with Gasteiger partial charge in [-0.2, -0.15) is 0 Å². The molecule has 1 N–H and O–H groups in total. The summed E-state index contributed by atoms with van der Waals surface area (Å²) >= 11 is 0. The van der Waals surface area contributed by atoms with E-state index >= 15 is 0 Å². The summed E-state index contributed by atoms with van der Waals surface area (Å²) in [6.45, 7) is 4.00. The van der Waals surface area contributed by atoms with Crippen molar-refractivity contribution >= 4 is 12.1 Å². The van der Waals surface area contributed by atoms with Gasteiger partial charge in [-0.15, -0.1) is 0 Å². The number of amides is 1. The SMILES string of the molecule is COC(=O)C1NC(=O)OC1CC(C)C. The first kappa shape index (κ1) is 10.8. The van der Waals surface area contributed by atoms with Crippen LogP contribution in [0, 0.1) is 5.92 Å². The smallest absolute Gasteiger partial charge is 0.408 e. The molecule has 0 saturated carbocycles. The molecule has 14 heavy (non-hydrogen) atoms. The molecule has 5 nitrogen and oxygen atoms in total. The van der Waals surface area contributed by atoms with Crippen LogP contribution in [0.2, 0.25) is 0 Å². The summed E-state index contributed by atoms with van der Waals surface area (Å²) in [6.07, 6.45) is -0.306. The number of esters is 1. The zero-order valence-electron chi connectivity index (χ0n) is 8.57. The lowest BCUT2D eigenvalue weighted by Crippen LogP contribution is -2.40. The molecule has 1 saturated heterocycles. The molecular formula is C9H15NO4. The number of hydrogen-bond donors (Lipinski definition) is 1. The minimum Gasteiger partial charge on any atom is -0.467 e. The van der Waals surface area contributed by atoms with Gasteiger partial charge in [0.1, 0.15) is 6.10 Å². The fourth-order valence-electron chi connectivity index (χ4n) is 1.45. The van der Waals surface area contributed by atoms with Gasteiger partial charge in [0.25, 0.3) is 0 Å². The molecule has 1 aliphatic heterocycles. The van der Waals surface area contributed by atoms with Crippen LogP contribution in [0.3, 0.4) is 0 Å². The molecule has 0 spiro atoms. The van der Waals surface area contributed by atoms with E-state index in [4.69, 9.17) is 4.74 Å². The van der Waals surface area contributed by atoms with Crippen molar-refractivity contribution in [1.29, 1.82) is 0 Å². The van der Waals surface area contributed by atoms with E-state index in [0.29, 0.717) is 12.3 Å². The minimum atomic E-state index is -0.658. The van der Waals surface area contributed by atoms with E-state index < -0.39 is 24.2 Å². The largest absolute Gasteiger partial charge is 0.467 e. The van der Waals surface area contributed by atoms with Crippen LogP contribution < -0.4 is 5.32 Å². The van der Waals surface area contributed by atoms with Crippen LogP contribution in [0.4, 0.5) is 4.79 Å². The molecule has 1 aliphatic rings. The van der Waals surface area contributed by atoms with Crippen molar-refractivity contribution in [3.63, 3.8) is 0 Å². The van der Waals surface area contributed by atoms with Crippen LogP contribution in [0.25, 0.3) is 0 Å². The van der Waals surface area contributed by atoms with Crippen LogP contribution in [-0.4, -0.2) is 31.3 Å². The molecule has 1 rings (SSSR count). The number of carbonyl (C=O) groups excluding carboxylic acids is 2. The molecule has 2 unspecified atom stereocenters. The lowest BCUT2D eigenvalue weighted by Gasteiger charge is -2.16. The average Bonchev–Trinajstić information content (AvgIpc) is 2.44. The number of ether oxygens (including phenoxy) is 2. The lowest BCUT2D eigenvalue weighted by molar-refractivity contribution is -0.144. The Labute approximate surface area is 82.8 Å². The van der Waals surface area contributed by atoms with Gasteiger partial charge in [-0.25, -0.2) is 9.59 Å². The van der Waals surface area contributed by atoms with E-state index in [9.17, 15) is 9.59 Å². The summed E-state index contributed by atoms with van der Waals surface area (Å²) in [4.78, 5) is 22.2. The standard InChI is InChI=1S/C9H15NO4/c1-5(2)4-6-7(8(11)13-3)10-9(12)14-6/h5-7H,4H2,1-3H3,(H,10,12). The first-order valence-corrected chi connectivity index (χ1v) is 4.59. The van der Waals surface area contributed by atoms with Crippen LogP contribution in [0.5, 0.6) is 0 Å². The molecule has 1 amide bonds. The third-order valence-electron chi connectivity index (χ3n) is 2.06. The number of nitrogens with one attached hydrogen (secondary N) is 1. The van der Waals surface area contributed by atoms with Crippen molar-refractivity contribution in [3.8, 4) is 0 Å². The maximum absolute atomic E-state index is 11.2. The number of hydrogen-bond acceptors (Lipinski definition) is 4. The predicted octanol–water partition coefficient (Wildman–Crippen LogP) is 0.682. The third-order valence-corrected chi connectivity index (χ3v) is 2.06. The Morgan fingerprint density at radius 2 is 2.29 bits per heavy atom. The molecule has 0 aliphatic carbocycles. The Kier molecular flexibility index (Phi) is 3.33. The maximum Gasteiger partial charge on any atom is 0.408 e. The average molecular weight is 201 g/mol. The van der Waals surface area contributed by atoms with E-state index in [0.717, 1.165) is 0 Å². The molecule has 2 atom stereocenters. The van der Waals surface area contributed by atoms with Crippen molar-refractivity contribution in [2.24, 2.45) is 5.92 Å². The predicted molar refractivity (Wildman–Crippen MR) is 48.7 cm³/mol. The van der Waals surface area contributed by atoms with Crippen molar-refractivity contribution in [1.82, 2.24) is 5.32 Å². The van der Waals surface area contributed by atoms with Gasteiger partial charge < -0.3 is 14.8 Å². The summed E-state index contributed by atoms with van der Waals surface area (Å²) in [5.74, 6) is -0.0960. The Hall–Kier alpha value is -1.26. The van der Waals surface area contributed by atoms with Crippen molar-refractivity contribution in [2.75, 3.05) is 7.11 Å². The summed E-state index contributed by atoms with van der Waals surface area (Å²) in [5, 5.41) is 2.42. The van der Waals surface area contributed by atoms with Crippen LogP contribution >= 0.6 is 0 Å². The fourth-order valence-corrected chi connectivity index (χ4v) is 1.45. The highest BCUT2D eigenvalue weighted by molar-refractivity contribution is 5.84. The second kappa shape index (κ2) is 4.30. The Morgan fingerprint density at radius 1 is 1.64 bits per heavy atom. The van der Waals surface area contributed by atoms with Gasteiger partial charge >= 0.3 is 12.1 Å². The molecule has 0 aromatic carbocycles. The van der Waals surface area contributed by atoms with E-state index in [1.807, 2.05) is 13.8 Å². The second-order valence-corrected chi connectivity index (χ2v) is 3.72. The van der Waals surface area contributed by atoms with Gasteiger partial charge in [-0.05, 0) is 12.3 Å². The summed E-state index contributed by atoms with van der Waals surface area (Å²) in [6, 6.07) is -0.658. The zero-order valence-corrected chi connectivity index (χ0v) is 8.57. The maximum atomic E-state index is 11.2. The van der Waals surface area contributed by atoms with Crippen LogP contribution in [-0.2, 0) is 14.3 Å². The van der Waals surface area contributed by atoms with Crippen LogP contribution in [0.15, 0.2) is 0 Å². The number of rotatable bonds is 3. The van der Waals surface area contributed by atoms with Crippen molar-refractivity contribution in [2.45, 2.75) is 32.4 Å². The van der Waals surface area contributed by atoms with Crippen molar-refractivity contribution < 1.29 is 19.1 Å². The number of methoxy groups -OCH3 is 1.